The third-order valence-corrected chi connectivity index (χ3v) is 3.96. The van der Waals surface area contributed by atoms with E-state index in [4.69, 9.17) is 0 Å². The molecule has 1 fully saturated rings. The van der Waals surface area contributed by atoms with E-state index in [1.54, 1.807) is 0 Å². The monoisotopic (exact) mass is 259 g/mol. The highest BCUT2D eigenvalue weighted by atomic mass is 16.2. The molecule has 0 saturated heterocycles. The molecule has 1 amide bonds. The summed E-state index contributed by atoms with van der Waals surface area (Å²) in [6, 6.07) is 6.96. The molecule has 104 valence electrons. The highest BCUT2D eigenvalue weighted by Crippen LogP contribution is 2.34. The second kappa shape index (κ2) is 5.77. The molecule has 0 spiro atoms. The summed E-state index contributed by atoms with van der Waals surface area (Å²) < 4.78 is 0. The van der Waals surface area contributed by atoms with Crippen LogP contribution in [0, 0.1) is 12.8 Å². The normalized spacial score (nSPS) is 21.3. The Kier molecular flexibility index (Phi) is 4.28. The van der Waals surface area contributed by atoms with Gasteiger partial charge in [0.2, 0.25) is 5.91 Å². The molecule has 1 heterocycles. The molecule has 1 aromatic carbocycles. The topological polar surface area (TPSA) is 20.3 Å². The number of hydrogen-bond donors (Lipinski definition) is 0. The number of fused-ring (bicyclic) bond motifs is 1. The Morgan fingerprint density at radius 3 is 2.53 bits per heavy atom. The summed E-state index contributed by atoms with van der Waals surface area (Å²) >= 11 is 0. The van der Waals surface area contributed by atoms with Crippen molar-refractivity contribution < 1.29 is 4.79 Å². The Morgan fingerprint density at radius 2 is 1.89 bits per heavy atom. The van der Waals surface area contributed by atoms with Crippen LogP contribution in [0.3, 0.4) is 0 Å². The lowest BCUT2D eigenvalue weighted by atomic mass is 9.93. The minimum absolute atomic E-state index is 0.337. The summed E-state index contributed by atoms with van der Waals surface area (Å²) in [5, 5.41) is 0. The molecule has 0 aromatic heterocycles. The number of carbonyl (C=O) groups excluding carboxylic acids is 1. The zero-order chi connectivity index (χ0) is 14.0. The van der Waals surface area contributed by atoms with Crippen LogP contribution in [-0.4, -0.2) is 16.8 Å². The fourth-order valence-electron chi connectivity index (χ4n) is 2.73. The van der Waals surface area contributed by atoms with Crippen molar-refractivity contribution in [2.24, 2.45) is 5.92 Å². The van der Waals surface area contributed by atoms with E-state index >= 15 is 0 Å². The van der Waals surface area contributed by atoms with Gasteiger partial charge >= 0.3 is 0 Å². The molecule has 0 unspecified atom stereocenters. The first-order valence-corrected chi connectivity index (χ1v) is 7.54. The largest absolute Gasteiger partial charge is 0.335 e. The molecule has 1 aliphatic carbocycles. The average molecular weight is 259 g/mol. The number of hydrogen-bond acceptors (Lipinski definition) is 1. The predicted molar refractivity (Wildman–Crippen MR) is 79.0 cm³/mol. The van der Waals surface area contributed by atoms with Gasteiger partial charge in [-0.3, -0.25) is 4.79 Å². The molecule has 0 bridgehead atoms. The van der Waals surface area contributed by atoms with Gasteiger partial charge in [-0.15, -0.1) is 0 Å². The van der Waals surface area contributed by atoms with Crippen molar-refractivity contribution in [3.63, 3.8) is 0 Å². The summed E-state index contributed by atoms with van der Waals surface area (Å²) in [6.07, 6.45) is 3.21. The van der Waals surface area contributed by atoms with Gasteiger partial charge < -0.3 is 4.90 Å². The van der Waals surface area contributed by atoms with Crippen molar-refractivity contribution in [2.75, 3.05) is 0 Å². The Labute approximate surface area is 116 Å². The number of amides is 1. The SMILES string of the molecule is CC.Cc1ccc2c(c1)C[C@@H](C)N(C(=O)C1CC1)C2. The van der Waals surface area contributed by atoms with Gasteiger partial charge in [-0.05, 0) is 44.2 Å². The lowest BCUT2D eigenvalue weighted by molar-refractivity contribution is -0.135. The van der Waals surface area contributed by atoms with E-state index in [9.17, 15) is 4.79 Å². The first-order valence-electron chi connectivity index (χ1n) is 7.54. The van der Waals surface area contributed by atoms with Gasteiger partial charge in [0, 0.05) is 18.5 Å². The second-order valence-corrected chi connectivity index (χ2v) is 5.57. The molecule has 3 rings (SSSR count). The number of benzene rings is 1. The van der Waals surface area contributed by atoms with Crippen LogP contribution >= 0.6 is 0 Å². The Morgan fingerprint density at radius 1 is 1.21 bits per heavy atom. The van der Waals surface area contributed by atoms with Crippen molar-refractivity contribution in [2.45, 2.75) is 59.5 Å². The van der Waals surface area contributed by atoms with Crippen LogP contribution < -0.4 is 0 Å². The summed E-state index contributed by atoms with van der Waals surface area (Å²) in [5.74, 6) is 0.716. The van der Waals surface area contributed by atoms with Crippen molar-refractivity contribution in [1.82, 2.24) is 4.90 Å². The van der Waals surface area contributed by atoms with E-state index in [0.717, 1.165) is 25.8 Å². The second-order valence-electron chi connectivity index (χ2n) is 5.57. The quantitative estimate of drug-likeness (QED) is 0.753. The molecule has 1 aliphatic heterocycles. The van der Waals surface area contributed by atoms with Crippen LogP contribution in [0.2, 0.25) is 0 Å². The summed E-state index contributed by atoms with van der Waals surface area (Å²) in [6.45, 7) is 9.12. The smallest absolute Gasteiger partial charge is 0.226 e. The van der Waals surface area contributed by atoms with Crippen LogP contribution in [0.5, 0.6) is 0 Å². The molecule has 2 nitrogen and oxygen atoms in total. The van der Waals surface area contributed by atoms with Gasteiger partial charge in [0.25, 0.3) is 0 Å². The molecular weight excluding hydrogens is 234 g/mol. The Bertz CT molecular complexity index is 462. The van der Waals surface area contributed by atoms with Gasteiger partial charge in [-0.1, -0.05) is 37.6 Å². The molecule has 1 atom stereocenters. The van der Waals surface area contributed by atoms with Gasteiger partial charge in [0.1, 0.15) is 0 Å². The third kappa shape index (κ3) is 2.99. The molecule has 1 saturated carbocycles. The van der Waals surface area contributed by atoms with Crippen LogP contribution in [0.25, 0.3) is 0 Å². The van der Waals surface area contributed by atoms with Crippen LogP contribution in [0.15, 0.2) is 18.2 Å². The Balaban J connectivity index is 0.000000637. The molecule has 1 aromatic rings. The zero-order valence-corrected chi connectivity index (χ0v) is 12.6. The van der Waals surface area contributed by atoms with Crippen molar-refractivity contribution in [1.29, 1.82) is 0 Å². The summed E-state index contributed by atoms with van der Waals surface area (Å²) in [5.41, 5.74) is 4.08. The van der Waals surface area contributed by atoms with Crippen LogP contribution in [0.4, 0.5) is 0 Å². The fourth-order valence-corrected chi connectivity index (χ4v) is 2.73. The van der Waals surface area contributed by atoms with Crippen LogP contribution in [-0.2, 0) is 17.8 Å². The lowest BCUT2D eigenvalue weighted by Crippen LogP contribution is -2.43. The third-order valence-electron chi connectivity index (χ3n) is 3.96. The number of aryl methyl sites for hydroxylation is 1. The van der Waals surface area contributed by atoms with E-state index in [1.807, 2.05) is 13.8 Å². The van der Waals surface area contributed by atoms with E-state index in [0.29, 0.717) is 17.9 Å². The maximum atomic E-state index is 12.2. The highest BCUT2D eigenvalue weighted by molar-refractivity contribution is 5.81. The summed E-state index contributed by atoms with van der Waals surface area (Å²) in [7, 11) is 0. The van der Waals surface area contributed by atoms with Crippen LogP contribution in [0.1, 0.15) is 50.3 Å². The molecule has 0 N–H and O–H groups in total. The van der Waals surface area contributed by atoms with E-state index in [2.05, 4.69) is 36.9 Å². The number of carbonyl (C=O) groups is 1. The Hall–Kier alpha value is -1.31. The standard InChI is InChI=1S/C15H19NO.C2H6/c1-10-3-4-13-9-16(15(17)12-5-6-12)11(2)8-14(13)7-10;1-2/h3-4,7,11-12H,5-6,8-9H2,1-2H3;1-2H3/t11-;/m1./s1. The predicted octanol–water partition coefficient (Wildman–Crippen LogP) is 3.70. The van der Waals surface area contributed by atoms with Crippen molar-refractivity contribution in [3.05, 3.63) is 34.9 Å². The van der Waals surface area contributed by atoms with E-state index < -0.39 is 0 Å². The zero-order valence-electron chi connectivity index (χ0n) is 12.6. The molecule has 2 aliphatic rings. The minimum atomic E-state index is 0.337. The minimum Gasteiger partial charge on any atom is -0.335 e. The lowest BCUT2D eigenvalue weighted by Gasteiger charge is -2.35. The first-order chi connectivity index (χ1) is 9.15. The first kappa shape index (κ1) is 14.1. The number of nitrogens with zero attached hydrogens (tertiary/aromatic N) is 1. The highest BCUT2D eigenvalue weighted by Gasteiger charge is 2.36. The number of rotatable bonds is 1. The van der Waals surface area contributed by atoms with E-state index in [-0.39, 0.29) is 0 Å². The van der Waals surface area contributed by atoms with E-state index in [1.165, 1.54) is 16.7 Å². The van der Waals surface area contributed by atoms with Gasteiger partial charge in [-0.25, -0.2) is 0 Å². The maximum Gasteiger partial charge on any atom is 0.226 e. The maximum absolute atomic E-state index is 12.2. The molecular formula is C17H25NO. The van der Waals surface area contributed by atoms with Crippen molar-refractivity contribution >= 4 is 5.91 Å². The fraction of sp³-hybridized carbons (Fsp3) is 0.588. The average Bonchev–Trinajstić information content (AvgIpc) is 3.24. The molecule has 19 heavy (non-hydrogen) atoms. The van der Waals surface area contributed by atoms with Gasteiger partial charge in [-0.2, -0.15) is 0 Å². The van der Waals surface area contributed by atoms with Gasteiger partial charge in [0.05, 0.1) is 0 Å². The van der Waals surface area contributed by atoms with Crippen molar-refractivity contribution in [3.8, 4) is 0 Å². The summed E-state index contributed by atoms with van der Waals surface area (Å²) in [4.78, 5) is 14.3. The molecule has 2 heteroatoms. The molecule has 0 radical (unpaired) electrons. The van der Waals surface area contributed by atoms with Gasteiger partial charge in [0.15, 0.2) is 0 Å².